The second-order valence-corrected chi connectivity index (χ2v) is 10.8. The third-order valence-electron chi connectivity index (χ3n) is 4.61. The topological polar surface area (TPSA) is 73.3 Å². The first kappa shape index (κ1) is 23.3. The van der Waals surface area contributed by atoms with E-state index in [0.29, 0.717) is 6.04 Å². The van der Waals surface area contributed by atoms with E-state index in [4.69, 9.17) is 0 Å². The van der Waals surface area contributed by atoms with Crippen molar-refractivity contribution in [2.45, 2.75) is 27.7 Å². The second-order valence-electron chi connectivity index (χ2n) is 8.35. The summed E-state index contributed by atoms with van der Waals surface area (Å²) in [5.41, 5.74) is 1.27. The van der Waals surface area contributed by atoms with E-state index >= 15 is 0 Å². The summed E-state index contributed by atoms with van der Waals surface area (Å²) in [6, 6.07) is 20.4. The SMILES string of the molecule is CC(C[N+](C)(C)C)N1c2ccccc2Sc2cccnc21.O=S(=O)([O-])c1ccccc1. The molecule has 1 aliphatic heterocycles. The summed E-state index contributed by atoms with van der Waals surface area (Å²) >= 11 is 1.81. The van der Waals surface area contributed by atoms with Crippen molar-refractivity contribution in [3.8, 4) is 0 Å². The molecule has 31 heavy (non-hydrogen) atoms. The lowest BCUT2D eigenvalue weighted by molar-refractivity contribution is -0.870. The molecule has 0 amide bonds. The fourth-order valence-corrected chi connectivity index (χ4v) is 5.06. The van der Waals surface area contributed by atoms with E-state index in [-0.39, 0.29) is 4.90 Å². The molecule has 0 saturated heterocycles. The maximum absolute atomic E-state index is 10.3. The molecule has 1 aliphatic rings. The number of aromatic nitrogens is 1. The number of hydrogen-bond acceptors (Lipinski definition) is 6. The summed E-state index contributed by atoms with van der Waals surface area (Å²) in [5.74, 6) is 1.09. The van der Waals surface area contributed by atoms with Gasteiger partial charge in [-0.1, -0.05) is 42.1 Å². The van der Waals surface area contributed by atoms with Crippen molar-refractivity contribution >= 4 is 33.4 Å². The third-order valence-corrected chi connectivity index (χ3v) is 6.56. The van der Waals surface area contributed by atoms with Crippen molar-refractivity contribution in [1.82, 2.24) is 4.98 Å². The Hall–Kier alpha value is -2.39. The summed E-state index contributed by atoms with van der Waals surface area (Å²) in [7, 11) is 2.46. The third kappa shape index (κ3) is 6.07. The zero-order chi connectivity index (χ0) is 22.6. The Kier molecular flexibility index (Phi) is 7.06. The van der Waals surface area contributed by atoms with Gasteiger partial charge in [-0.15, -0.1) is 0 Å². The fourth-order valence-electron chi connectivity index (χ4n) is 3.53. The average molecular weight is 458 g/mol. The van der Waals surface area contributed by atoms with Crippen LogP contribution in [0.4, 0.5) is 11.5 Å². The number of benzene rings is 2. The fraction of sp³-hybridized carbons (Fsp3) is 0.261. The van der Waals surface area contributed by atoms with E-state index in [9.17, 15) is 13.0 Å². The normalized spacial score (nSPS) is 14.0. The number of quaternary nitrogens is 1. The molecule has 0 fully saturated rings. The van der Waals surface area contributed by atoms with E-state index in [1.807, 2.05) is 24.0 Å². The highest BCUT2D eigenvalue weighted by atomic mass is 32.2. The molecular formula is C23H27N3O3S2. The zero-order valence-corrected chi connectivity index (χ0v) is 19.7. The molecule has 0 N–H and O–H groups in total. The average Bonchev–Trinajstić information content (AvgIpc) is 2.71. The molecule has 2 heterocycles. The molecule has 0 radical (unpaired) electrons. The molecule has 6 nitrogen and oxygen atoms in total. The number of pyridine rings is 1. The quantitative estimate of drug-likeness (QED) is 0.428. The Morgan fingerprint density at radius 1 is 0.968 bits per heavy atom. The minimum Gasteiger partial charge on any atom is -0.744 e. The van der Waals surface area contributed by atoms with Crippen molar-refractivity contribution in [2.75, 3.05) is 32.6 Å². The highest BCUT2D eigenvalue weighted by Crippen LogP contribution is 2.47. The molecule has 2 aromatic carbocycles. The maximum Gasteiger partial charge on any atom is 0.147 e. The molecule has 3 aromatic rings. The summed E-state index contributed by atoms with van der Waals surface area (Å²) in [4.78, 5) is 9.41. The zero-order valence-electron chi connectivity index (χ0n) is 18.1. The van der Waals surface area contributed by atoms with E-state index in [2.05, 4.69) is 68.3 Å². The standard InChI is InChI=1S/C17H22N3S.C6H6O3S/c1-13(12-20(2,3)4)19-14-8-5-6-9-15(14)21-16-10-7-11-18-17(16)19;7-10(8,9)6-4-2-1-3-5-6/h5-11,13H,12H2,1-4H3;1-5H,(H,7,8,9)/q+1;/p-1. The van der Waals surface area contributed by atoms with Crippen LogP contribution in [0.1, 0.15) is 6.92 Å². The number of para-hydroxylation sites is 1. The van der Waals surface area contributed by atoms with Gasteiger partial charge in [-0.05, 0) is 43.3 Å². The number of anilines is 2. The van der Waals surface area contributed by atoms with Gasteiger partial charge in [0.15, 0.2) is 0 Å². The summed E-state index contributed by atoms with van der Waals surface area (Å²) < 4.78 is 31.8. The molecule has 0 aliphatic carbocycles. The number of likely N-dealkylation sites (N-methyl/N-ethyl adjacent to an activating group) is 1. The van der Waals surface area contributed by atoms with Crippen LogP contribution in [0.2, 0.25) is 0 Å². The van der Waals surface area contributed by atoms with Crippen LogP contribution in [0.3, 0.4) is 0 Å². The molecule has 1 aromatic heterocycles. The van der Waals surface area contributed by atoms with E-state index in [1.165, 1.54) is 39.7 Å². The summed E-state index contributed by atoms with van der Waals surface area (Å²) in [6.07, 6.45) is 1.89. The van der Waals surface area contributed by atoms with Crippen LogP contribution in [0, 0.1) is 0 Å². The molecule has 4 rings (SSSR count). The Morgan fingerprint density at radius 3 is 2.19 bits per heavy atom. The second kappa shape index (κ2) is 9.40. The Bertz CT molecular complexity index is 1080. The van der Waals surface area contributed by atoms with Crippen molar-refractivity contribution in [2.24, 2.45) is 0 Å². The van der Waals surface area contributed by atoms with E-state index in [0.717, 1.165) is 16.8 Å². The van der Waals surface area contributed by atoms with Crippen LogP contribution in [0.25, 0.3) is 0 Å². The predicted molar refractivity (Wildman–Crippen MR) is 124 cm³/mol. The molecule has 8 heteroatoms. The van der Waals surface area contributed by atoms with Gasteiger partial charge < -0.3 is 13.9 Å². The highest BCUT2D eigenvalue weighted by molar-refractivity contribution is 7.99. The molecule has 1 unspecified atom stereocenters. The minimum absolute atomic E-state index is 0.185. The van der Waals surface area contributed by atoms with E-state index in [1.54, 1.807) is 6.07 Å². The van der Waals surface area contributed by atoms with Gasteiger partial charge in [0.1, 0.15) is 15.9 Å². The van der Waals surface area contributed by atoms with Gasteiger partial charge in [0.05, 0.1) is 49.2 Å². The maximum atomic E-state index is 10.3. The molecule has 0 bridgehead atoms. The largest absolute Gasteiger partial charge is 0.744 e. The van der Waals surface area contributed by atoms with Crippen LogP contribution in [-0.4, -0.2) is 56.2 Å². The van der Waals surface area contributed by atoms with Gasteiger partial charge in [0.2, 0.25) is 0 Å². The Labute approximate surface area is 188 Å². The molecule has 1 atom stereocenters. The van der Waals surface area contributed by atoms with E-state index < -0.39 is 10.1 Å². The van der Waals surface area contributed by atoms with Crippen LogP contribution in [0.5, 0.6) is 0 Å². The van der Waals surface area contributed by atoms with Crippen molar-refractivity contribution in [3.05, 3.63) is 72.9 Å². The molecule has 0 spiro atoms. The van der Waals surface area contributed by atoms with Gasteiger partial charge in [0.25, 0.3) is 0 Å². The smallest absolute Gasteiger partial charge is 0.147 e. The van der Waals surface area contributed by atoms with Crippen LogP contribution in [-0.2, 0) is 10.1 Å². The first-order chi connectivity index (χ1) is 14.6. The lowest BCUT2D eigenvalue weighted by Gasteiger charge is -2.38. The lowest BCUT2D eigenvalue weighted by atomic mass is 10.2. The number of fused-ring (bicyclic) bond motifs is 2. The Morgan fingerprint density at radius 2 is 1.58 bits per heavy atom. The molecule has 164 valence electrons. The summed E-state index contributed by atoms with van der Waals surface area (Å²) in [5, 5.41) is 0. The van der Waals surface area contributed by atoms with Crippen LogP contribution >= 0.6 is 11.8 Å². The first-order valence-electron chi connectivity index (χ1n) is 9.89. The number of rotatable bonds is 4. The van der Waals surface area contributed by atoms with Gasteiger partial charge >= 0.3 is 0 Å². The summed E-state index contributed by atoms with van der Waals surface area (Å²) in [6.45, 7) is 3.35. The minimum atomic E-state index is -4.25. The van der Waals surface area contributed by atoms with Crippen molar-refractivity contribution in [3.63, 3.8) is 0 Å². The number of hydrogen-bond donors (Lipinski definition) is 0. The van der Waals surface area contributed by atoms with Gasteiger partial charge in [0, 0.05) is 11.1 Å². The van der Waals surface area contributed by atoms with Crippen molar-refractivity contribution < 1.29 is 17.5 Å². The Balaban J connectivity index is 0.000000229. The first-order valence-corrected chi connectivity index (χ1v) is 12.1. The van der Waals surface area contributed by atoms with Gasteiger partial charge in [-0.3, -0.25) is 0 Å². The molecular weight excluding hydrogens is 430 g/mol. The van der Waals surface area contributed by atoms with Crippen LogP contribution in [0.15, 0.2) is 87.6 Å². The number of nitrogens with zero attached hydrogens (tertiary/aromatic N) is 3. The monoisotopic (exact) mass is 457 g/mol. The van der Waals surface area contributed by atoms with Gasteiger partial charge in [-0.25, -0.2) is 13.4 Å². The lowest BCUT2D eigenvalue weighted by Crippen LogP contribution is -2.47. The van der Waals surface area contributed by atoms with Crippen LogP contribution < -0.4 is 4.90 Å². The van der Waals surface area contributed by atoms with Crippen molar-refractivity contribution in [1.29, 1.82) is 0 Å². The molecule has 0 saturated carbocycles. The van der Waals surface area contributed by atoms with Gasteiger partial charge in [-0.2, -0.15) is 0 Å². The predicted octanol–water partition coefficient (Wildman–Crippen LogP) is 4.37. The highest BCUT2D eigenvalue weighted by Gasteiger charge is 2.30.